The van der Waals surface area contributed by atoms with E-state index in [1.807, 2.05) is 48.5 Å². The molecule has 2 atom stereocenters. The zero-order valence-electron chi connectivity index (χ0n) is 16.7. The maximum Gasteiger partial charge on any atom is 0.190 e. The Hall–Kier alpha value is -2.18. The van der Waals surface area contributed by atoms with Crippen LogP contribution in [0.2, 0.25) is 5.02 Å². The van der Waals surface area contributed by atoms with Crippen LogP contribution in [0, 0.1) is 5.92 Å². The van der Waals surface area contributed by atoms with Crippen molar-refractivity contribution in [1.29, 1.82) is 0 Å². The Labute approximate surface area is 180 Å². The summed E-state index contributed by atoms with van der Waals surface area (Å²) in [6.45, 7) is 2.27. The summed E-state index contributed by atoms with van der Waals surface area (Å²) in [4.78, 5) is 19.7. The number of epoxide rings is 1. The Bertz CT molecular complexity index is 1050. The highest BCUT2D eigenvalue weighted by Crippen LogP contribution is 2.44. The zero-order chi connectivity index (χ0) is 20.7. The highest BCUT2D eigenvalue weighted by molar-refractivity contribution is 6.35. The molecule has 2 aliphatic rings. The number of carbonyl (C=O) groups excluding carboxylic acids is 1. The van der Waals surface area contributed by atoms with Crippen LogP contribution in [0.5, 0.6) is 0 Å². The minimum absolute atomic E-state index is 0.0475. The Balaban J connectivity index is 1.62. The van der Waals surface area contributed by atoms with Gasteiger partial charge in [-0.2, -0.15) is 0 Å². The fourth-order valence-electron chi connectivity index (χ4n) is 4.89. The van der Waals surface area contributed by atoms with Gasteiger partial charge in [0, 0.05) is 29.3 Å². The van der Waals surface area contributed by atoms with Crippen molar-refractivity contribution in [3.63, 3.8) is 0 Å². The lowest BCUT2D eigenvalue weighted by Crippen LogP contribution is -2.58. The first-order valence-electron chi connectivity index (χ1n) is 10.5. The van der Waals surface area contributed by atoms with Gasteiger partial charge in [0.1, 0.15) is 11.6 Å². The monoisotopic (exact) mass is 424 g/mol. The van der Waals surface area contributed by atoms with Crippen LogP contribution in [-0.4, -0.2) is 53.2 Å². The van der Waals surface area contributed by atoms with Gasteiger partial charge in [0.05, 0.1) is 11.6 Å². The molecule has 3 aromatic rings. The summed E-state index contributed by atoms with van der Waals surface area (Å²) in [7, 11) is 0. The Kier molecular flexibility index (Phi) is 5.15. The molecule has 30 heavy (non-hydrogen) atoms. The molecule has 0 aliphatic carbocycles. The van der Waals surface area contributed by atoms with Gasteiger partial charge < -0.3 is 14.8 Å². The summed E-state index contributed by atoms with van der Waals surface area (Å²) in [5.41, 5.74) is 1.59. The second-order valence-corrected chi connectivity index (χ2v) is 8.70. The second-order valence-electron chi connectivity index (χ2n) is 8.29. The van der Waals surface area contributed by atoms with E-state index in [0.717, 1.165) is 42.4 Å². The van der Waals surface area contributed by atoms with Crippen molar-refractivity contribution in [2.75, 3.05) is 26.3 Å². The molecule has 0 saturated carbocycles. The Morgan fingerprint density at radius 3 is 2.60 bits per heavy atom. The van der Waals surface area contributed by atoms with Gasteiger partial charge >= 0.3 is 0 Å². The number of piperidine rings is 1. The largest absolute Gasteiger partial charge is 0.396 e. The number of benzene rings is 2. The molecule has 5 rings (SSSR count). The van der Waals surface area contributed by atoms with E-state index < -0.39 is 5.54 Å². The van der Waals surface area contributed by atoms with E-state index in [4.69, 9.17) is 16.3 Å². The molecule has 5 nitrogen and oxygen atoms in total. The van der Waals surface area contributed by atoms with Crippen molar-refractivity contribution < 1.29 is 14.6 Å². The van der Waals surface area contributed by atoms with Crippen LogP contribution in [0.1, 0.15) is 28.8 Å². The molecule has 2 aliphatic heterocycles. The van der Waals surface area contributed by atoms with E-state index in [2.05, 4.69) is 9.88 Å². The molecule has 2 unspecified atom stereocenters. The number of carbonyl (C=O) groups is 1. The number of fused-ring (bicyclic) bond motifs is 1. The lowest BCUT2D eigenvalue weighted by molar-refractivity contribution is 0.0174. The van der Waals surface area contributed by atoms with Crippen LogP contribution in [0.3, 0.4) is 0 Å². The van der Waals surface area contributed by atoms with Crippen molar-refractivity contribution in [3.05, 3.63) is 70.9 Å². The fraction of sp³-hybridized carbons (Fsp3) is 0.375. The number of Topliss-reactive ketones (excluding diaryl/α,β-unsaturated/α-hetero) is 1. The molecular formula is C24H25ClN2O3. The third-order valence-corrected chi connectivity index (χ3v) is 6.94. The Morgan fingerprint density at radius 2 is 1.93 bits per heavy atom. The van der Waals surface area contributed by atoms with Gasteiger partial charge in [-0.15, -0.1) is 0 Å². The predicted molar refractivity (Wildman–Crippen MR) is 117 cm³/mol. The van der Waals surface area contributed by atoms with Gasteiger partial charge in [-0.05, 0) is 43.5 Å². The molecule has 2 fully saturated rings. The van der Waals surface area contributed by atoms with Gasteiger partial charge in [-0.3, -0.25) is 9.69 Å². The summed E-state index contributed by atoms with van der Waals surface area (Å²) < 4.78 is 5.83. The number of rotatable bonds is 6. The minimum Gasteiger partial charge on any atom is -0.396 e. The minimum atomic E-state index is -0.869. The lowest BCUT2D eigenvalue weighted by Gasteiger charge is -2.45. The number of aliphatic hydroxyl groups is 1. The van der Waals surface area contributed by atoms with Crippen LogP contribution in [0.4, 0.5) is 0 Å². The fourth-order valence-corrected chi connectivity index (χ4v) is 5.11. The Morgan fingerprint density at radius 1 is 1.20 bits per heavy atom. The van der Waals surface area contributed by atoms with Crippen LogP contribution in [0.15, 0.2) is 54.7 Å². The number of aliphatic hydroxyl groups excluding tert-OH is 1. The highest BCUT2D eigenvalue weighted by atomic mass is 35.5. The molecule has 0 amide bonds. The van der Waals surface area contributed by atoms with Gasteiger partial charge in [-0.25, -0.2) is 0 Å². The third kappa shape index (κ3) is 3.17. The molecule has 0 spiro atoms. The van der Waals surface area contributed by atoms with Crippen LogP contribution in [-0.2, 0) is 10.3 Å². The quantitative estimate of drug-likeness (QED) is 0.463. The van der Waals surface area contributed by atoms with E-state index >= 15 is 0 Å². The van der Waals surface area contributed by atoms with Gasteiger partial charge in [-0.1, -0.05) is 54.1 Å². The maximum atomic E-state index is 14.2. The average Bonchev–Trinajstić information content (AvgIpc) is 3.58. The van der Waals surface area contributed by atoms with Crippen LogP contribution >= 0.6 is 11.6 Å². The molecular weight excluding hydrogens is 400 g/mol. The number of nitrogens with zero attached hydrogens (tertiary/aromatic N) is 1. The smallest absolute Gasteiger partial charge is 0.190 e. The van der Waals surface area contributed by atoms with Crippen LogP contribution in [0.25, 0.3) is 10.9 Å². The van der Waals surface area contributed by atoms with E-state index in [1.54, 1.807) is 6.20 Å². The molecule has 1 aromatic heterocycles. The van der Waals surface area contributed by atoms with Crippen LogP contribution < -0.4 is 0 Å². The number of ether oxygens (including phenoxy) is 1. The molecule has 3 heterocycles. The number of ketones is 1. The summed E-state index contributed by atoms with van der Waals surface area (Å²) in [5.74, 6) is 0.341. The van der Waals surface area contributed by atoms with Gasteiger partial charge in [0.25, 0.3) is 0 Å². The van der Waals surface area contributed by atoms with E-state index in [9.17, 15) is 9.90 Å². The number of hydrogen-bond donors (Lipinski definition) is 2. The van der Waals surface area contributed by atoms with E-state index in [-0.39, 0.29) is 18.5 Å². The third-order valence-electron chi connectivity index (χ3n) is 6.62. The van der Waals surface area contributed by atoms with Crippen molar-refractivity contribution in [2.24, 2.45) is 5.92 Å². The number of aromatic amines is 1. The van der Waals surface area contributed by atoms with Crippen molar-refractivity contribution in [3.8, 4) is 0 Å². The van der Waals surface area contributed by atoms with Crippen molar-refractivity contribution >= 4 is 28.3 Å². The normalized spacial score (nSPS) is 22.1. The molecule has 2 N–H and O–H groups in total. The molecule has 2 aromatic carbocycles. The second kappa shape index (κ2) is 7.82. The number of hydrogen-bond acceptors (Lipinski definition) is 4. The summed E-state index contributed by atoms with van der Waals surface area (Å²) >= 11 is 6.24. The molecule has 0 radical (unpaired) electrons. The maximum absolute atomic E-state index is 14.2. The van der Waals surface area contributed by atoms with E-state index in [0.29, 0.717) is 23.1 Å². The lowest BCUT2D eigenvalue weighted by atomic mass is 9.76. The highest BCUT2D eigenvalue weighted by Gasteiger charge is 2.57. The average molecular weight is 425 g/mol. The number of H-pyrrole nitrogens is 1. The number of halogens is 1. The number of nitrogens with one attached hydrogen (secondary N) is 1. The first-order valence-corrected chi connectivity index (χ1v) is 10.9. The molecule has 0 bridgehead atoms. The summed E-state index contributed by atoms with van der Waals surface area (Å²) in [6, 6.07) is 15.7. The predicted octanol–water partition coefficient (Wildman–Crippen LogP) is 4.00. The first-order chi connectivity index (χ1) is 14.6. The number of likely N-dealkylation sites (tertiary alicyclic amines) is 1. The summed E-state index contributed by atoms with van der Waals surface area (Å²) in [5, 5.41) is 11.1. The molecule has 156 valence electrons. The number of aromatic nitrogens is 1. The summed E-state index contributed by atoms with van der Waals surface area (Å²) in [6.07, 6.45) is 3.31. The zero-order valence-corrected chi connectivity index (χ0v) is 17.4. The SMILES string of the molecule is O=C(c1ccc2c(Cl)c[nH]c2c1)C(c1ccccc1)(C1CO1)N1CCC(CO)CC1. The first kappa shape index (κ1) is 19.8. The topological polar surface area (TPSA) is 68.9 Å². The van der Waals surface area contributed by atoms with E-state index in [1.165, 1.54) is 0 Å². The van der Waals surface area contributed by atoms with Crippen molar-refractivity contribution in [2.45, 2.75) is 24.5 Å². The molecule has 6 heteroatoms. The van der Waals surface area contributed by atoms with Gasteiger partial charge in [0.15, 0.2) is 5.78 Å². The van der Waals surface area contributed by atoms with Gasteiger partial charge in [0.2, 0.25) is 0 Å². The standard InChI is InChI=1S/C24H25ClN2O3/c25-20-13-26-21-12-17(6-7-19(20)21)23(29)24(22-15-30-22,18-4-2-1-3-5-18)27-10-8-16(14-28)9-11-27/h1-7,12-13,16,22,26,28H,8-11,14-15H2. The molecule has 2 saturated heterocycles. The van der Waals surface area contributed by atoms with Crippen molar-refractivity contribution in [1.82, 2.24) is 9.88 Å².